The average Bonchev–Trinajstić information content (AvgIpc) is 3.35. The van der Waals surface area contributed by atoms with Gasteiger partial charge in [0.05, 0.1) is 16.5 Å². The number of benzene rings is 1. The lowest BCUT2D eigenvalue weighted by Crippen LogP contribution is -2.24. The van der Waals surface area contributed by atoms with Gasteiger partial charge in [-0.2, -0.15) is 0 Å². The van der Waals surface area contributed by atoms with Crippen molar-refractivity contribution in [3.63, 3.8) is 0 Å². The maximum absolute atomic E-state index is 13.9. The van der Waals surface area contributed by atoms with Crippen LogP contribution in [0.3, 0.4) is 0 Å². The van der Waals surface area contributed by atoms with Crippen molar-refractivity contribution in [3.8, 4) is 5.75 Å². The monoisotopic (exact) mass is 456 g/mol. The number of carbonyl (C=O) groups excluding carboxylic acids is 2. The van der Waals surface area contributed by atoms with Gasteiger partial charge in [0, 0.05) is 12.2 Å². The van der Waals surface area contributed by atoms with E-state index in [1.165, 1.54) is 0 Å². The summed E-state index contributed by atoms with van der Waals surface area (Å²) in [5, 5.41) is 9.48. The molecule has 0 bridgehead atoms. The van der Waals surface area contributed by atoms with E-state index in [0.717, 1.165) is 36.8 Å². The number of primary amides is 1. The van der Waals surface area contributed by atoms with Crippen molar-refractivity contribution in [2.75, 3.05) is 13.3 Å². The first-order chi connectivity index (χ1) is 15.8. The molecule has 0 radical (unpaired) electrons. The fourth-order valence-electron chi connectivity index (χ4n) is 4.43. The molecule has 3 N–H and O–H groups in total. The highest BCUT2D eigenvalue weighted by molar-refractivity contribution is 6.45. The van der Waals surface area contributed by atoms with E-state index in [1.54, 1.807) is 13.0 Å². The molecule has 1 aliphatic rings. The van der Waals surface area contributed by atoms with E-state index in [1.807, 2.05) is 29.7 Å². The minimum Gasteiger partial charge on any atom is -0.481 e. The van der Waals surface area contributed by atoms with E-state index in [-0.39, 0.29) is 17.9 Å². The fourth-order valence-corrected chi connectivity index (χ4v) is 4.43. The molecule has 0 saturated carbocycles. The molecule has 33 heavy (non-hydrogen) atoms. The summed E-state index contributed by atoms with van der Waals surface area (Å²) in [4.78, 5) is 35.8. The summed E-state index contributed by atoms with van der Waals surface area (Å²) in [6.07, 6.45) is 9.70. The molecule has 1 amide bonds. The van der Waals surface area contributed by atoms with Gasteiger partial charge in [-0.25, -0.2) is 9.18 Å². The van der Waals surface area contributed by atoms with Crippen molar-refractivity contribution in [2.45, 2.75) is 52.5 Å². The van der Waals surface area contributed by atoms with Crippen molar-refractivity contribution in [3.05, 3.63) is 52.3 Å². The van der Waals surface area contributed by atoms with Gasteiger partial charge in [-0.05, 0) is 61.8 Å². The van der Waals surface area contributed by atoms with Gasteiger partial charge in [-0.3, -0.25) is 9.59 Å². The molecule has 0 saturated heterocycles. The Morgan fingerprint density at radius 3 is 2.67 bits per heavy atom. The number of ether oxygens (including phenoxy) is 1. The normalized spacial score (nSPS) is 13.6. The molecule has 1 aromatic carbocycles. The van der Waals surface area contributed by atoms with Crippen molar-refractivity contribution >= 4 is 28.6 Å². The number of nitrogens with zero attached hydrogens (tertiary/aromatic N) is 1. The molecule has 0 unspecified atom stereocenters. The first-order valence-electron chi connectivity index (χ1n) is 11.0. The molecule has 0 spiro atoms. The van der Waals surface area contributed by atoms with Crippen LogP contribution in [0.4, 0.5) is 4.39 Å². The highest BCUT2D eigenvalue weighted by Gasteiger charge is 2.30. The maximum atomic E-state index is 13.9. The Morgan fingerprint density at radius 2 is 2.03 bits per heavy atom. The van der Waals surface area contributed by atoms with E-state index >= 15 is 0 Å². The minimum atomic E-state index is -1.16. The summed E-state index contributed by atoms with van der Waals surface area (Å²) >= 11 is 0. The smallest absolute Gasteiger partial charge is 0.341 e. The molecule has 1 heterocycles. The number of carbonyl (C=O) groups is 3. The standard InChI is InChI=1S/C25H29FN2O5/c1-3-4-5-6-8-16(12-26)13-28-15(2)21(24(31)25(27)32)22-19(33-14-20(29)30)11-17-9-7-10-18(17)23(22)28/h4-5,8,11H,3,6-7,9-10,12-14H2,1-2H3,(H2,27,32)(H,29,30)/b5-4-,16-8+. The number of carboxylic acid groups (broad SMARTS) is 1. The number of fused-ring (bicyclic) bond motifs is 3. The van der Waals surface area contributed by atoms with Gasteiger partial charge in [-0.1, -0.05) is 25.2 Å². The molecule has 1 aliphatic carbocycles. The Hall–Kier alpha value is -3.42. The van der Waals surface area contributed by atoms with Gasteiger partial charge in [-0.15, -0.1) is 0 Å². The number of rotatable bonds is 11. The van der Waals surface area contributed by atoms with Gasteiger partial charge in [0.2, 0.25) is 0 Å². The van der Waals surface area contributed by atoms with Gasteiger partial charge < -0.3 is 20.1 Å². The average molecular weight is 457 g/mol. The van der Waals surface area contributed by atoms with Crippen LogP contribution >= 0.6 is 0 Å². The lowest BCUT2D eigenvalue weighted by molar-refractivity contribution is -0.139. The molecule has 8 heteroatoms. The molecule has 176 valence electrons. The van der Waals surface area contributed by atoms with Crippen LogP contribution < -0.4 is 10.5 Å². The Labute approximate surface area is 191 Å². The van der Waals surface area contributed by atoms with Crippen LogP contribution in [-0.2, 0) is 29.0 Å². The topological polar surface area (TPSA) is 112 Å². The van der Waals surface area contributed by atoms with E-state index in [2.05, 4.69) is 0 Å². The molecule has 3 rings (SSSR count). The number of allylic oxidation sites excluding steroid dienone is 4. The van der Waals surface area contributed by atoms with Crippen molar-refractivity contribution < 1.29 is 28.6 Å². The van der Waals surface area contributed by atoms with Crippen molar-refractivity contribution in [1.82, 2.24) is 4.57 Å². The number of nitrogens with two attached hydrogens (primary N) is 1. The Kier molecular flexibility index (Phi) is 7.68. The van der Waals surface area contributed by atoms with Gasteiger partial charge in [0.1, 0.15) is 12.4 Å². The molecule has 0 fully saturated rings. The lowest BCUT2D eigenvalue weighted by Gasteiger charge is -2.14. The number of halogens is 1. The predicted octanol–water partition coefficient (Wildman–Crippen LogP) is 3.82. The molecule has 2 aromatic rings. The first-order valence-corrected chi connectivity index (χ1v) is 11.0. The summed E-state index contributed by atoms with van der Waals surface area (Å²) in [7, 11) is 0. The third kappa shape index (κ3) is 4.99. The van der Waals surface area contributed by atoms with Crippen LogP contribution in [-0.4, -0.2) is 40.6 Å². The van der Waals surface area contributed by atoms with Gasteiger partial charge in [0.15, 0.2) is 6.61 Å². The number of carboxylic acids is 1. The SMILES string of the molecule is CC/C=C\C/C=C(\CF)Cn1c(C)c(C(=O)C(N)=O)c2c(OCC(=O)O)cc3c(c21)CCC3. The predicted molar refractivity (Wildman–Crippen MR) is 123 cm³/mol. The number of ketones is 1. The van der Waals surface area contributed by atoms with E-state index < -0.39 is 30.9 Å². The third-order valence-corrected chi connectivity index (χ3v) is 5.90. The van der Waals surface area contributed by atoms with E-state index in [9.17, 15) is 18.8 Å². The quantitative estimate of drug-likeness (QED) is 0.303. The first kappa shape index (κ1) is 24.2. The summed E-state index contributed by atoms with van der Waals surface area (Å²) < 4.78 is 21.3. The zero-order chi connectivity index (χ0) is 24.1. The molecular weight excluding hydrogens is 427 g/mol. The minimum absolute atomic E-state index is 0.0803. The number of amides is 1. The lowest BCUT2D eigenvalue weighted by atomic mass is 10.0. The fraction of sp³-hybridized carbons (Fsp3) is 0.400. The summed E-state index contributed by atoms with van der Waals surface area (Å²) in [5.74, 6) is -2.94. The van der Waals surface area contributed by atoms with Crippen LogP contribution in [0.1, 0.15) is 53.4 Å². The Morgan fingerprint density at radius 1 is 1.27 bits per heavy atom. The second-order valence-corrected chi connectivity index (χ2v) is 8.12. The van der Waals surface area contributed by atoms with Crippen LogP contribution in [0.25, 0.3) is 10.9 Å². The van der Waals surface area contributed by atoms with Crippen molar-refractivity contribution in [1.29, 1.82) is 0 Å². The van der Waals surface area contributed by atoms with E-state index in [0.29, 0.717) is 28.6 Å². The number of Topliss-reactive ketones (excluding diaryl/α,β-unsaturated/α-hetero) is 1. The molecule has 0 aliphatic heterocycles. The van der Waals surface area contributed by atoms with Crippen molar-refractivity contribution in [2.24, 2.45) is 5.73 Å². The number of hydrogen-bond donors (Lipinski definition) is 2. The van der Waals surface area contributed by atoms with Crippen LogP contribution in [0.2, 0.25) is 0 Å². The third-order valence-electron chi connectivity index (χ3n) is 5.90. The molecule has 7 nitrogen and oxygen atoms in total. The number of alkyl halides is 1. The Balaban J connectivity index is 2.26. The number of aliphatic carboxylic acids is 1. The molecular formula is C25H29FN2O5. The zero-order valence-corrected chi connectivity index (χ0v) is 18.9. The Bertz CT molecular complexity index is 1160. The van der Waals surface area contributed by atoms with Crippen LogP contribution in [0.15, 0.2) is 29.9 Å². The summed E-state index contributed by atoms with van der Waals surface area (Å²) in [5.41, 5.74) is 9.10. The number of hydrogen-bond acceptors (Lipinski definition) is 4. The summed E-state index contributed by atoms with van der Waals surface area (Å²) in [6, 6.07) is 1.75. The summed E-state index contributed by atoms with van der Waals surface area (Å²) in [6.45, 7) is 2.65. The highest BCUT2D eigenvalue weighted by Crippen LogP contribution is 2.41. The second-order valence-electron chi connectivity index (χ2n) is 8.12. The number of aryl methyl sites for hydroxylation is 2. The van der Waals surface area contributed by atoms with E-state index in [4.69, 9.17) is 15.6 Å². The highest BCUT2D eigenvalue weighted by atomic mass is 19.1. The maximum Gasteiger partial charge on any atom is 0.341 e. The molecule has 1 aromatic heterocycles. The van der Waals surface area contributed by atoms with Crippen LogP contribution in [0, 0.1) is 6.92 Å². The van der Waals surface area contributed by atoms with Crippen LogP contribution in [0.5, 0.6) is 5.75 Å². The van der Waals surface area contributed by atoms with Gasteiger partial charge >= 0.3 is 5.97 Å². The largest absolute Gasteiger partial charge is 0.481 e. The number of aromatic nitrogens is 1. The molecule has 0 atom stereocenters. The second kappa shape index (κ2) is 10.5. The van der Waals surface area contributed by atoms with Gasteiger partial charge in [0.25, 0.3) is 11.7 Å². The zero-order valence-electron chi connectivity index (χ0n) is 18.9.